The Hall–Kier alpha value is -0.980. The molecule has 0 aliphatic heterocycles. The predicted octanol–water partition coefficient (Wildman–Crippen LogP) is 3.92. The van der Waals surface area contributed by atoms with Crippen LogP contribution in [0.1, 0.15) is 0 Å². The topological polar surface area (TPSA) is 49.4 Å². The summed E-state index contributed by atoms with van der Waals surface area (Å²) in [6.07, 6.45) is -7.43. The highest BCUT2D eigenvalue weighted by atomic mass is 32.2. The van der Waals surface area contributed by atoms with Crippen molar-refractivity contribution >= 4 is 11.4 Å². The van der Waals surface area contributed by atoms with Crippen molar-refractivity contribution in [3.63, 3.8) is 0 Å². The molecule has 162 valence electrons. The summed E-state index contributed by atoms with van der Waals surface area (Å²) in [6, 6.07) is 0. The molecule has 3 nitrogen and oxygen atoms in total. The number of hydrogen-bond acceptors (Lipinski definition) is 3. The van der Waals surface area contributed by atoms with Crippen molar-refractivity contribution in [2.75, 3.05) is 0 Å². The maximum absolute atomic E-state index is 13.9. The normalized spacial score (nSPS) is 29.2. The second kappa shape index (κ2) is 5.55. The smallest absolute Gasteiger partial charge is 0.434 e. The van der Waals surface area contributed by atoms with E-state index in [1.165, 1.54) is 0 Å². The van der Waals surface area contributed by atoms with E-state index in [0.29, 0.717) is 0 Å². The number of alkyl halides is 15. The number of halogens is 15. The summed E-state index contributed by atoms with van der Waals surface area (Å²) >= 11 is -4.97. The molecule has 0 aromatic heterocycles. The number of rotatable bonds is 4. The van der Waals surface area contributed by atoms with Crippen molar-refractivity contribution in [3.8, 4) is 0 Å². The molecular weight excluding hydrogens is 461 g/mol. The van der Waals surface area contributed by atoms with Crippen LogP contribution in [0.15, 0.2) is 0 Å². The highest BCUT2D eigenvalue weighted by Crippen LogP contribution is 2.73. The summed E-state index contributed by atoms with van der Waals surface area (Å²) in [7, 11) is 0. The minimum Gasteiger partial charge on any atom is -0.750 e. The fraction of sp³-hybridized carbons (Fsp3) is 1.00. The molecule has 19 heteroatoms. The van der Waals surface area contributed by atoms with Gasteiger partial charge in [0.2, 0.25) is 0 Å². The Labute approximate surface area is 138 Å². The lowest BCUT2D eigenvalue weighted by atomic mass is 9.69. The van der Waals surface area contributed by atoms with Crippen LogP contribution in [0.3, 0.4) is 0 Å². The Kier molecular flexibility index (Phi) is 4.94. The van der Waals surface area contributed by atoms with Gasteiger partial charge >= 0.3 is 47.3 Å². The van der Waals surface area contributed by atoms with E-state index >= 15 is 0 Å². The van der Waals surface area contributed by atoms with Crippen LogP contribution in [0, 0.1) is 0 Å². The molecule has 0 aromatic carbocycles. The third kappa shape index (κ3) is 2.29. The monoisotopic (exact) mass is 461 g/mol. The summed E-state index contributed by atoms with van der Waals surface area (Å²) in [5, 5.41) is 0. The Bertz CT molecular complexity index is 613. The Morgan fingerprint density at radius 3 is 1.15 bits per heavy atom. The molecule has 1 atom stereocenters. The van der Waals surface area contributed by atoms with Gasteiger partial charge in [0.05, 0.1) is 11.4 Å². The van der Waals surface area contributed by atoms with Gasteiger partial charge in [0.1, 0.15) is 0 Å². The van der Waals surface area contributed by atoms with Crippen molar-refractivity contribution in [3.05, 3.63) is 0 Å². The summed E-state index contributed by atoms with van der Waals surface area (Å²) in [5.41, 5.74) is -8.47. The Morgan fingerprint density at radius 2 is 0.889 bits per heavy atom. The van der Waals surface area contributed by atoms with Gasteiger partial charge in [-0.05, 0) is 0 Å². The molecule has 1 saturated carbocycles. The zero-order chi connectivity index (χ0) is 22.3. The van der Waals surface area contributed by atoms with Gasteiger partial charge in [-0.3, -0.25) is 0 Å². The maximum Gasteiger partial charge on any atom is 0.434 e. The van der Waals surface area contributed by atoms with Gasteiger partial charge in [-0.2, -0.15) is 61.5 Å². The van der Waals surface area contributed by atoms with Crippen LogP contribution in [0.25, 0.3) is 0 Å². The lowest BCUT2D eigenvalue weighted by Gasteiger charge is -2.54. The van der Waals surface area contributed by atoms with E-state index in [1.54, 1.807) is 0 Å². The van der Waals surface area contributed by atoms with Crippen LogP contribution in [0.2, 0.25) is 0 Å². The summed E-state index contributed by atoms with van der Waals surface area (Å²) < 4.78 is 219. The largest absolute Gasteiger partial charge is 0.750 e. The Morgan fingerprint density at radius 1 is 0.630 bits per heavy atom. The van der Waals surface area contributed by atoms with Gasteiger partial charge in [0.15, 0.2) is 0 Å². The quantitative estimate of drug-likeness (QED) is 0.471. The first-order chi connectivity index (χ1) is 11.4. The zero-order valence-electron chi connectivity index (χ0n) is 11.3. The van der Waals surface area contributed by atoms with Gasteiger partial charge in [-0.1, -0.05) is 0 Å². The fourth-order valence-corrected chi connectivity index (χ4v) is 2.23. The number of hydrogen-bond donors (Lipinski definition) is 0. The van der Waals surface area contributed by atoms with Gasteiger partial charge < -0.3 is 4.55 Å². The maximum atomic E-state index is 13.9. The van der Waals surface area contributed by atoms with Gasteiger partial charge in [0.25, 0.3) is 0 Å². The minimum atomic E-state index is -8.47. The van der Waals surface area contributed by atoms with Crippen LogP contribution in [-0.2, 0) is 15.5 Å². The molecular formula is C8F15O3S-. The lowest BCUT2D eigenvalue weighted by molar-refractivity contribution is -0.523. The van der Waals surface area contributed by atoms with E-state index in [1.807, 2.05) is 4.18 Å². The summed E-state index contributed by atoms with van der Waals surface area (Å²) in [4.78, 5) is 0. The standard InChI is InChI=1S/C8HF15O3S/c9-1(4(14,15)8(22,23)26-27(24)25)2(10,11)5(16,17)7(20,21)6(18,19)3(1,12)13/h(H,24,25)/p-1. The molecule has 0 bridgehead atoms. The third-order valence-corrected chi connectivity index (χ3v) is 3.76. The van der Waals surface area contributed by atoms with E-state index in [0.717, 1.165) is 0 Å². The van der Waals surface area contributed by atoms with Crippen LogP contribution < -0.4 is 0 Å². The zero-order valence-corrected chi connectivity index (χ0v) is 12.1. The average molecular weight is 461 g/mol. The van der Waals surface area contributed by atoms with E-state index in [4.69, 9.17) is 0 Å². The van der Waals surface area contributed by atoms with Crippen LogP contribution in [0.4, 0.5) is 65.9 Å². The molecule has 1 fully saturated rings. The molecule has 0 amide bonds. The second-order valence-corrected chi connectivity index (χ2v) is 5.48. The summed E-state index contributed by atoms with van der Waals surface area (Å²) in [6.45, 7) is 0. The van der Waals surface area contributed by atoms with Crippen molar-refractivity contribution in [1.82, 2.24) is 0 Å². The minimum absolute atomic E-state index is 1.85. The van der Waals surface area contributed by atoms with Gasteiger partial charge in [0, 0.05) is 0 Å². The molecule has 27 heavy (non-hydrogen) atoms. The SMILES string of the molecule is O=S([O-])OC(F)(F)C(F)(F)C1(F)C(F)(F)C(F)(F)C(F)(F)C(F)(F)C1(F)F. The molecule has 0 radical (unpaired) electrons. The fourth-order valence-electron chi connectivity index (χ4n) is 1.95. The van der Waals surface area contributed by atoms with E-state index in [9.17, 15) is 74.6 Å². The highest BCUT2D eigenvalue weighted by Gasteiger charge is 3.07. The molecule has 0 aromatic rings. The van der Waals surface area contributed by atoms with Crippen LogP contribution in [0.5, 0.6) is 0 Å². The molecule has 1 aliphatic rings. The van der Waals surface area contributed by atoms with E-state index < -0.39 is 58.7 Å². The van der Waals surface area contributed by atoms with Crippen molar-refractivity contribution in [1.29, 1.82) is 0 Å². The lowest BCUT2D eigenvalue weighted by Crippen LogP contribution is -2.88. The first kappa shape index (κ1) is 24.1. The predicted molar refractivity (Wildman–Crippen MR) is 48.5 cm³/mol. The van der Waals surface area contributed by atoms with E-state index in [2.05, 4.69) is 0 Å². The van der Waals surface area contributed by atoms with Crippen LogP contribution >= 0.6 is 0 Å². The molecule has 0 heterocycles. The van der Waals surface area contributed by atoms with Crippen molar-refractivity contribution < 1.29 is 78.8 Å². The highest BCUT2D eigenvalue weighted by molar-refractivity contribution is 7.74. The molecule has 0 N–H and O–H groups in total. The third-order valence-electron chi connectivity index (χ3n) is 3.41. The molecule has 1 aliphatic carbocycles. The molecule has 0 spiro atoms. The first-order valence-corrected chi connectivity index (χ1v) is 6.54. The van der Waals surface area contributed by atoms with E-state index in [-0.39, 0.29) is 0 Å². The van der Waals surface area contributed by atoms with Crippen LogP contribution in [-0.4, -0.2) is 56.1 Å². The molecule has 0 saturated heterocycles. The van der Waals surface area contributed by atoms with Gasteiger partial charge in [-0.25, -0.2) is 12.8 Å². The average Bonchev–Trinajstić information content (AvgIpc) is 2.42. The molecule has 1 rings (SSSR count). The van der Waals surface area contributed by atoms with Crippen molar-refractivity contribution in [2.45, 2.75) is 47.3 Å². The second-order valence-electron chi connectivity index (χ2n) is 4.91. The summed E-state index contributed by atoms with van der Waals surface area (Å²) in [5.74, 6) is -48.9. The van der Waals surface area contributed by atoms with Crippen molar-refractivity contribution in [2.24, 2.45) is 0 Å². The molecule has 1 unspecified atom stereocenters. The Balaban J connectivity index is 4.00. The first-order valence-electron chi connectivity index (χ1n) is 5.54. The van der Waals surface area contributed by atoms with Gasteiger partial charge in [-0.15, -0.1) is 0 Å².